The Labute approximate surface area is 181 Å². The summed E-state index contributed by atoms with van der Waals surface area (Å²) in [6, 6.07) is 13.3. The fraction of sp³-hybridized carbons (Fsp3) is 0.333. The number of carbonyl (C=O) groups excluding carboxylic acids is 1. The van der Waals surface area contributed by atoms with Gasteiger partial charge in [-0.3, -0.25) is 4.79 Å². The molecule has 1 saturated heterocycles. The van der Waals surface area contributed by atoms with Crippen molar-refractivity contribution < 1.29 is 14.6 Å². The number of carbonyl (C=O) groups is 1. The van der Waals surface area contributed by atoms with Crippen LogP contribution in [0, 0.1) is 6.92 Å². The van der Waals surface area contributed by atoms with Crippen molar-refractivity contribution in [2.24, 2.45) is 0 Å². The molecule has 7 nitrogen and oxygen atoms in total. The fourth-order valence-electron chi connectivity index (χ4n) is 4.94. The summed E-state index contributed by atoms with van der Waals surface area (Å²) >= 11 is 0. The van der Waals surface area contributed by atoms with Crippen LogP contribution in [0.25, 0.3) is 5.82 Å². The summed E-state index contributed by atoms with van der Waals surface area (Å²) in [7, 11) is 1.71. The summed E-state index contributed by atoms with van der Waals surface area (Å²) in [4.78, 5) is 22.2. The van der Waals surface area contributed by atoms with Gasteiger partial charge in [0, 0.05) is 44.7 Å². The second-order valence-electron chi connectivity index (χ2n) is 8.26. The smallest absolute Gasteiger partial charge is 0.254 e. The molecule has 7 heteroatoms. The van der Waals surface area contributed by atoms with Crippen molar-refractivity contribution in [2.45, 2.75) is 18.9 Å². The number of amides is 1. The minimum Gasteiger partial charge on any atom is -0.508 e. The molecule has 1 amide bonds. The first-order valence-electron chi connectivity index (χ1n) is 10.5. The van der Waals surface area contributed by atoms with E-state index in [4.69, 9.17) is 4.74 Å². The number of pyridine rings is 1. The summed E-state index contributed by atoms with van der Waals surface area (Å²) in [6.07, 6.45) is 4.65. The van der Waals surface area contributed by atoms with Gasteiger partial charge in [-0.2, -0.15) is 0 Å². The van der Waals surface area contributed by atoms with E-state index in [1.165, 1.54) is 0 Å². The first-order chi connectivity index (χ1) is 15.0. The van der Waals surface area contributed by atoms with Crippen molar-refractivity contribution in [1.29, 1.82) is 0 Å². The summed E-state index contributed by atoms with van der Waals surface area (Å²) in [5, 5.41) is 10.1. The normalized spacial score (nSPS) is 19.5. The highest BCUT2D eigenvalue weighted by Crippen LogP contribution is 2.47. The Morgan fingerprint density at radius 3 is 2.94 bits per heavy atom. The molecule has 31 heavy (non-hydrogen) atoms. The minimum absolute atomic E-state index is 0.0612. The van der Waals surface area contributed by atoms with E-state index in [9.17, 15) is 9.90 Å². The fourth-order valence-corrected chi connectivity index (χ4v) is 4.94. The van der Waals surface area contributed by atoms with Crippen LogP contribution in [-0.4, -0.2) is 58.8 Å². The molecular formula is C24H26N4O3. The molecule has 2 aliphatic rings. The predicted molar refractivity (Wildman–Crippen MR) is 118 cm³/mol. The maximum atomic E-state index is 13.3. The highest BCUT2D eigenvalue weighted by molar-refractivity contribution is 5.95. The van der Waals surface area contributed by atoms with Crippen LogP contribution in [0.3, 0.4) is 0 Å². The standard InChI is InChI=1S/C24H26N4O3/c1-17-7-8-18(15-20(17)29)23(30)26-12-9-24(16-26)21-6-4-11-27(21)22-19(5-3-10-25-22)28(24)13-14-31-2/h3-8,10-11,15,29H,9,12-14,16H2,1-2H3/t24-/m0/s1. The number of aromatic hydroxyl groups is 1. The number of nitrogens with zero attached hydrogens (tertiary/aromatic N) is 4. The quantitative estimate of drug-likeness (QED) is 0.705. The van der Waals surface area contributed by atoms with E-state index in [0.29, 0.717) is 31.8 Å². The molecule has 0 bridgehead atoms. The maximum absolute atomic E-state index is 13.3. The van der Waals surface area contributed by atoms with Gasteiger partial charge in [0.15, 0.2) is 5.82 Å². The number of rotatable bonds is 4. The third-order valence-corrected chi connectivity index (χ3v) is 6.54. The molecule has 3 aromatic rings. The first-order valence-corrected chi connectivity index (χ1v) is 10.5. The van der Waals surface area contributed by atoms with Gasteiger partial charge in [0.25, 0.3) is 5.91 Å². The van der Waals surface area contributed by atoms with Gasteiger partial charge in [-0.25, -0.2) is 4.98 Å². The van der Waals surface area contributed by atoms with Gasteiger partial charge in [0.1, 0.15) is 11.3 Å². The second-order valence-corrected chi connectivity index (χ2v) is 8.26. The number of aromatic nitrogens is 2. The highest BCUT2D eigenvalue weighted by atomic mass is 16.5. The number of aryl methyl sites for hydroxylation is 1. The van der Waals surface area contributed by atoms with Crippen molar-refractivity contribution in [3.8, 4) is 11.6 Å². The molecule has 160 valence electrons. The monoisotopic (exact) mass is 418 g/mol. The lowest BCUT2D eigenvalue weighted by molar-refractivity contribution is 0.0781. The van der Waals surface area contributed by atoms with Crippen molar-refractivity contribution in [1.82, 2.24) is 14.5 Å². The number of benzene rings is 1. The Kier molecular flexibility index (Phi) is 4.70. The first kappa shape index (κ1) is 19.6. The molecule has 1 aromatic carbocycles. The zero-order valence-corrected chi connectivity index (χ0v) is 17.8. The number of phenols is 1. The van der Waals surface area contributed by atoms with Gasteiger partial charge < -0.3 is 24.2 Å². The van der Waals surface area contributed by atoms with Crippen molar-refractivity contribution in [3.63, 3.8) is 0 Å². The number of phenolic OH excluding ortho intramolecular Hbond substituents is 1. The van der Waals surface area contributed by atoms with Crippen LogP contribution in [0.2, 0.25) is 0 Å². The zero-order valence-electron chi connectivity index (χ0n) is 17.8. The van der Waals surface area contributed by atoms with E-state index in [0.717, 1.165) is 29.2 Å². The van der Waals surface area contributed by atoms with Gasteiger partial charge in [0.05, 0.1) is 18.0 Å². The number of hydrogen-bond acceptors (Lipinski definition) is 5. The lowest BCUT2D eigenvalue weighted by Crippen LogP contribution is -2.53. The van der Waals surface area contributed by atoms with Gasteiger partial charge in [0.2, 0.25) is 0 Å². The van der Waals surface area contributed by atoms with Crippen LogP contribution in [0.15, 0.2) is 54.9 Å². The third-order valence-electron chi connectivity index (χ3n) is 6.54. The molecule has 0 unspecified atom stereocenters. The molecule has 4 heterocycles. The summed E-state index contributed by atoms with van der Waals surface area (Å²) < 4.78 is 7.57. The van der Waals surface area contributed by atoms with Crippen LogP contribution < -0.4 is 4.90 Å². The molecule has 5 rings (SSSR count). The summed E-state index contributed by atoms with van der Waals surface area (Å²) in [5.74, 6) is 0.986. The maximum Gasteiger partial charge on any atom is 0.254 e. The summed E-state index contributed by atoms with van der Waals surface area (Å²) in [5.41, 5.74) is 3.09. The molecule has 0 saturated carbocycles. The SMILES string of the molecule is COCCN1c2cccnc2-n2cccc2[C@@]12CCN(C(=O)c1ccc(C)c(O)c1)C2. The number of ether oxygens (including phenoxy) is 1. The van der Waals surface area contributed by atoms with E-state index in [-0.39, 0.29) is 17.2 Å². The molecule has 2 aromatic heterocycles. The van der Waals surface area contributed by atoms with Gasteiger partial charge in [-0.05, 0) is 55.3 Å². The van der Waals surface area contributed by atoms with Crippen LogP contribution in [0.1, 0.15) is 28.0 Å². The number of methoxy groups -OCH3 is 1. The molecule has 1 spiro atoms. The molecule has 1 atom stereocenters. The Balaban J connectivity index is 1.54. The zero-order chi connectivity index (χ0) is 21.6. The van der Waals surface area contributed by atoms with Crippen molar-refractivity contribution >= 4 is 11.6 Å². The molecule has 1 fully saturated rings. The third kappa shape index (κ3) is 2.99. The van der Waals surface area contributed by atoms with Crippen molar-refractivity contribution in [3.05, 3.63) is 71.7 Å². The number of anilines is 1. The van der Waals surface area contributed by atoms with Crippen LogP contribution in [-0.2, 0) is 10.3 Å². The van der Waals surface area contributed by atoms with Crippen molar-refractivity contribution in [2.75, 3.05) is 38.3 Å². The Morgan fingerprint density at radius 1 is 1.26 bits per heavy atom. The van der Waals surface area contributed by atoms with E-state index in [1.54, 1.807) is 25.3 Å². The van der Waals surface area contributed by atoms with E-state index in [1.807, 2.05) is 36.4 Å². The minimum atomic E-state index is -0.361. The lowest BCUT2D eigenvalue weighted by atomic mass is 9.89. The molecule has 0 aliphatic carbocycles. The lowest BCUT2D eigenvalue weighted by Gasteiger charge is -2.47. The van der Waals surface area contributed by atoms with Crippen LogP contribution in [0.5, 0.6) is 5.75 Å². The molecule has 2 aliphatic heterocycles. The largest absolute Gasteiger partial charge is 0.508 e. The Hall–Kier alpha value is -3.32. The van der Waals surface area contributed by atoms with Gasteiger partial charge >= 0.3 is 0 Å². The highest BCUT2D eigenvalue weighted by Gasteiger charge is 2.50. The average Bonchev–Trinajstić information content (AvgIpc) is 3.44. The molecular weight excluding hydrogens is 392 g/mol. The average molecular weight is 418 g/mol. The van der Waals surface area contributed by atoms with Crippen LogP contribution >= 0.6 is 0 Å². The van der Waals surface area contributed by atoms with E-state index >= 15 is 0 Å². The number of likely N-dealkylation sites (tertiary alicyclic amines) is 1. The predicted octanol–water partition coefficient (Wildman–Crippen LogP) is 3.09. The second kappa shape index (κ2) is 7.42. The van der Waals surface area contributed by atoms with Crippen LogP contribution in [0.4, 0.5) is 5.69 Å². The summed E-state index contributed by atoms with van der Waals surface area (Å²) in [6.45, 7) is 4.30. The molecule has 1 N–H and O–H groups in total. The topological polar surface area (TPSA) is 70.8 Å². The van der Waals surface area contributed by atoms with Gasteiger partial charge in [-0.15, -0.1) is 0 Å². The Bertz CT molecular complexity index is 1140. The number of hydrogen-bond donors (Lipinski definition) is 1. The number of fused-ring (bicyclic) bond motifs is 4. The van der Waals surface area contributed by atoms with E-state index < -0.39 is 0 Å². The molecule has 0 radical (unpaired) electrons. The van der Waals surface area contributed by atoms with Gasteiger partial charge in [-0.1, -0.05) is 6.07 Å². The Morgan fingerprint density at radius 2 is 2.13 bits per heavy atom. The van der Waals surface area contributed by atoms with E-state index in [2.05, 4.69) is 26.6 Å².